The van der Waals surface area contributed by atoms with Gasteiger partial charge in [-0.1, -0.05) is 36.4 Å². The predicted octanol–water partition coefficient (Wildman–Crippen LogP) is 3.73. The van der Waals surface area contributed by atoms with Crippen LogP contribution >= 0.6 is 0 Å². The molecule has 3 heterocycles. The van der Waals surface area contributed by atoms with Crippen LogP contribution in [0.5, 0.6) is 0 Å². The number of hydrogen-bond donors (Lipinski definition) is 1. The fraction of sp³-hybridized carbons (Fsp3) is 0.304. The molecule has 0 aliphatic carbocycles. The second-order valence-corrected chi connectivity index (χ2v) is 7.62. The van der Waals surface area contributed by atoms with Gasteiger partial charge in [0, 0.05) is 54.3 Å². The molecule has 0 spiro atoms. The van der Waals surface area contributed by atoms with Crippen molar-refractivity contribution in [2.45, 2.75) is 25.3 Å². The average Bonchev–Trinajstić information content (AvgIpc) is 3.45. The van der Waals surface area contributed by atoms with E-state index in [4.69, 9.17) is 0 Å². The number of nitrogens with one attached hydrogen (secondary N) is 1. The highest BCUT2D eigenvalue weighted by Gasteiger charge is 2.38. The number of likely N-dealkylation sites (tertiary alicyclic amines) is 1. The van der Waals surface area contributed by atoms with E-state index in [2.05, 4.69) is 11.1 Å². The van der Waals surface area contributed by atoms with Crippen molar-refractivity contribution in [2.24, 2.45) is 0 Å². The van der Waals surface area contributed by atoms with Crippen molar-refractivity contribution in [1.82, 2.24) is 14.8 Å². The molecule has 0 unspecified atom stereocenters. The third kappa shape index (κ3) is 2.70. The number of benzene rings is 2. The fourth-order valence-electron chi connectivity index (χ4n) is 4.60. The Hall–Kier alpha value is -3.08. The lowest BCUT2D eigenvalue weighted by Crippen LogP contribution is -2.35. The van der Waals surface area contributed by atoms with Crippen LogP contribution in [-0.2, 0) is 4.79 Å². The standard InChI is InChI=1S/C23H23N3O2/c27-21(25-12-5-6-13-25)11-14-26-22(17-8-1-2-9-18(17)23(26)28)19-15-24-20-10-4-3-7-16(19)20/h1-4,7-10,15,22,24H,5-6,11-14H2/t22-/m1/s1. The molecule has 5 rings (SSSR count). The Morgan fingerprint density at radius 3 is 2.61 bits per heavy atom. The Morgan fingerprint density at radius 2 is 1.75 bits per heavy atom. The molecule has 142 valence electrons. The monoisotopic (exact) mass is 373 g/mol. The average molecular weight is 373 g/mol. The minimum absolute atomic E-state index is 0.0140. The molecular weight excluding hydrogens is 350 g/mol. The lowest BCUT2D eigenvalue weighted by Gasteiger charge is -2.26. The van der Waals surface area contributed by atoms with Gasteiger partial charge in [-0.05, 0) is 30.5 Å². The normalized spacial score (nSPS) is 18.9. The van der Waals surface area contributed by atoms with Gasteiger partial charge in [0.15, 0.2) is 0 Å². The lowest BCUT2D eigenvalue weighted by molar-refractivity contribution is -0.130. The Balaban J connectivity index is 1.50. The van der Waals surface area contributed by atoms with Gasteiger partial charge in [-0.15, -0.1) is 0 Å². The quantitative estimate of drug-likeness (QED) is 0.758. The van der Waals surface area contributed by atoms with Gasteiger partial charge in [0.25, 0.3) is 5.91 Å². The molecule has 1 N–H and O–H groups in total. The van der Waals surface area contributed by atoms with E-state index in [1.807, 2.05) is 58.5 Å². The summed E-state index contributed by atoms with van der Waals surface area (Å²) in [6, 6.07) is 15.8. The van der Waals surface area contributed by atoms with Crippen LogP contribution < -0.4 is 0 Å². The van der Waals surface area contributed by atoms with Gasteiger partial charge in [0.2, 0.25) is 5.91 Å². The van der Waals surface area contributed by atoms with Crippen LogP contribution in [0.25, 0.3) is 10.9 Å². The molecule has 1 fully saturated rings. The Bertz CT molecular complexity index is 1050. The van der Waals surface area contributed by atoms with Crippen molar-refractivity contribution >= 4 is 22.7 Å². The number of aromatic nitrogens is 1. The highest BCUT2D eigenvalue weighted by atomic mass is 16.2. The molecule has 2 aliphatic rings. The highest BCUT2D eigenvalue weighted by Crippen LogP contribution is 2.41. The van der Waals surface area contributed by atoms with Gasteiger partial charge in [0.05, 0.1) is 6.04 Å². The van der Waals surface area contributed by atoms with Crippen molar-refractivity contribution in [1.29, 1.82) is 0 Å². The SMILES string of the molecule is O=C(CCN1C(=O)c2ccccc2[C@@H]1c1c[nH]c2ccccc12)N1CCCC1. The van der Waals surface area contributed by atoms with Crippen LogP contribution in [-0.4, -0.2) is 46.2 Å². The minimum atomic E-state index is -0.161. The zero-order chi connectivity index (χ0) is 19.1. The van der Waals surface area contributed by atoms with Gasteiger partial charge in [0.1, 0.15) is 0 Å². The summed E-state index contributed by atoms with van der Waals surface area (Å²) in [6.07, 6.45) is 4.54. The zero-order valence-electron chi connectivity index (χ0n) is 15.7. The molecule has 5 nitrogen and oxygen atoms in total. The first-order valence-corrected chi connectivity index (χ1v) is 9.98. The Morgan fingerprint density at radius 1 is 1.00 bits per heavy atom. The summed E-state index contributed by atoms with van der Waals surface area (Å²) >= 11 is 0. The number of nitrogens with zero attached hydrogens (tertiary/aromatic N) is 2. The number of H-pyrrole nitrogens is 1. The van der Waals surface area contributed by atoms with E-state index in [-0.39, 0.29) is 17.9 Å². The molecule has 2 amide bonds. The molecule has 2 aromatic carbocycles. The molecular formula is C23H23N3O2. The molecule has 3 aromatic rings. The fourth-order valence-corrected chi connectivity index (χ4v) is 4.60. The summed E-state index contributed by atoms with van der Waals surface area (Å²) in [7, 11) is 0. The van der Waals surface area contributed by atoms with Crippen molar-refractivity contribution in [3.8, 4) is 0 Å². The molecule has 5 heteroatoms. The molecule has 1 aromatic heterocycles. The van der Waals surface area contributed by atoms with E-state index in [0.717, 1.165) is 53.5 Å². The first-order chi connectivity index (χ1) is 13.7. The Kier molecular flexibility index (Phi) is 4.15. The largest absolute Gasteiger partial charge is 0.361 e. The van der Waals surface area contributed by atoms with Gasteiger partial charge in [-0.2, -0.15) is 0 Å². The minimum Gasteiger partial charge on any atom is -0.361 e. The number of carbonyl (C=O) groups is 2. The number of carbonyl (C=O) groups excluding carboxylic acids is 2. The third-order valence-electron chi connectivity index (χ3n) is 6.00. The summed E-state index contributed by atoms with van der Waals surface area (Å²) in [6.45, 7) is 2.13. The maximum Gasteiger partial charge on any atom is 0.255 e. The summed E-state index contributed by atoms with van der Waals surface area (Å²) in [5, 5.41) is 1.12. The number of para-hydroxylation sites is 1. The summed E-state index contributed by atoms with van der Waals surface area (Å²) < 4.78 is 0. The van der Waals surface area contributed by atoms with Crippen LogP contribution in [0.15, 0.2) is 54.7 Å². The van der Waals surface area contributed by atoms with Crippen LogP contribution in [0.3, 0.4) is 0 Å². The topological polar surface area (TPSA) is 56.4 Å². The molecule has 0 bridgehead atoms. The van der Waals surface area contributed by atoms with E-state index < -0.39 is 0 Å². The molecule has 1 atom stereocenters. The molecule has 1 saturated heterocycles. The van der Waals surface area contributed by atoms with Crippen molar-refractivity contribution in [3.63, 3.8) is 0 Å². The van der Waals surface area contributed by atoms with Gasteiger partial charge < -0.3 is 14.8 Å². The van der Waals surface area contributed by atoms with Crippen molar-refractivity contribution in [2.75, 3.05) is 19.6 Å². The van der Waals surface area contributed by atoms with Gasteiger partial charge >= 0.3 is 0 Å². The third-order valence-corrected chi connectivity index (χ3v) is 6.00. The number of aromatic amines is 1. The van der Waals surface area contributed by atoms with E-state index in [1.165, 1.54) is 0 Å². The van der Waals surface area contributed by atoms with E-state index >= 15 is 0 Å². The second-order valence-electron chi connectivity index (χ2n) is 7.62. The maximum absolute atomic E-state index is 13.2. The van der Waals surface area contributed by atoms with E-state index in [9.17, 15) is 9.59 Å². The summed E-state index contributed by atoms with van der Waals surface area (Å²) in [5.74, 6) is 0.166. The van der Waals surface area contributed by atoms with E-state index in [0.29, 0.717) is 13.0 Å². The van der Waals surface area contributed by atoms with Crippen LogP contribution in [0.1, 0.15) is 46.8 Å². The molecule has 2 aliphatic heterocycles. The highest BCUT2D eigenvalue weighted by molar-refractivity contribution is 6.01. The molecule has 28 heavy (non-hydrogen) atoms. The first kappa shape index (κ1) is 17.0. The van der Waals surface area contributed by atoms with Crippen molar-refractivity contribution < 1.29 is 9.59 Å². The first-order valence-electron chi connectivity index (χ1n) is 9.98. The molecule has 0 saturated carbocycles. The summed E-state index contributed by atoms with van der Waals surface area (Å²) in [4.78, 5) is 32.9. The number of hydrogen-bond acceptors (Lipinski definition) is 2. The number of amides is 2. The maximum atomic E-state index is 13.2. The van der Waals surface area contributed by atoms with Crippen LogP contribution in [0.4, 0.5) is 0 Å². The molecule has 0 radical (unpaired) electrons. The van der Waals surface area contributed by atoms with E-state index in [1.54, 1.807) is 0 Å². The Labute approximate surface area is 163 Å². The summed E-state index contributed by atoms with van der Waals surface area (Å²) in [5.41, 5.74) is 3.90. The lowest BCUT2D eigenvalue weighted by atomic mass is 9.97. The van der Waals surface area contributed by atoms with Crippen LogP contribution in [0.2, 0.25) is 0 Å². The number of fused-ring (bicyclic) bond motifs is 2. The zero-order valence-corrected chi connectivity index (χ0v) is 15.7. The van der Waals surface area contributed by atoms with Crippen molar-refractivity contribution in [3.05, 3.63) is 71.4 Å². The predicted molar refractivity (Wildman–Crippen MR) is 108 cm³/mol. The number of rotatable bonds is 4. The second kappa shape index (κ2) is 6.82. The van der Waals surface area contributed by atoms with Crippen LogP contribution in [0, 0.1) is 0 Å². The van der Waals surface area contributed by atoms with Gasteiger partial charge in [-0.3, -0.25) is 9.59 Å². The smallest absolute Gasteiger partial charge is 0.255 e. The van der Waals surface area contributed by atoms with Gasteiger partial charge in [-0.25, -0.2) is 0 Å².